The number of morpholine rings is 1. The molecular formula is C22H34N4O2. The van der Waals surface area contributed by atoms with Crippen LogP contribution < -0.4 is 5.32 Å². The number of nitrogens with zero attached hydrogens (tertiary/aromatic N) is 3. The highest BCUT2D eigenvalue weighted by molar-refractivity contribution is 5.89. The number of rotatable bonds is 6. The summed E-state index contributed by atoms with van der Waals surface area (Å²) in [5.41, 5.74) is 0.959. The van der Waals surface area contributed by atoms with E-state index in [2.05, 4.69) is 22.0 Å². The molecular weight excluding hydrogens is 352 g/mol. The fourth-order valence-electron chi connectivity index (χ4n) is 5.06. The summed E-state index contributed by atoms with van der Waals surface area (Å²) in [6, 6.07) is 10.1. The lowest BCUT2D eigenvalue weighted by Gasteiger charge is -2.63. The van der Waals surface area contributed by atoms with Gasteiger partial charge in [0.1, 0.15) is 0 Å². The van der Waals surface area contributed by atoms with Crippen molar-refractivity contribution < 1.29 is 9.53 Å². The summed E-state index contributed by atoms with van der Waals surface area (Å²) in [7, 11) is 0. The van der Waals surface area contributed by atoms with Gasteiger partial charge in [0.15, 0.2) is 0 Å². The molecule has 0 aromatic heterocycles. The normalized spacial score (nSPS) is 24.6. The maximum Gasteiger partial charge on any atom is 0.321 e. The average Bonchev–Trinajstić information content (AvgIpc) is 2.70. The largest absolute Gasteiger partial charge is 0.378 e. The summed E-state index contributed by atoms with van der Waals surface area (Å²) in [5, 5.41) is 3.07. The molecule has 1 spiro atoms. The molecule has 3 fully saturated rings. The molecule has 6 heteroatoms. The first-order chi connectivity index (χ1) is 13.7. The lowest BCUT2D eigenvalue weighted by molar-refractivity contribution is -0.157. The molecule has 28 heavy (non-hydrogen) atoms. The summed E-state index contributed by atoms with van der Waals surface area (Å²) in [5.74, 6) is 0. The number of para-hydroxylation sites is 1. The molecule has 1 aromatic carbocycles. The van der Waals surface area contributed by atoms with Crippen LogP contribution in [0, 0.1) is 0 Å². The molecule has 4 rings (SSSR count). The topological polar surface area (TPSA) is 48.1 Å². The lowest BCUT2D eigenvalue weighted by Crippen LogP contribution is -2.81. The summed E-state index contributed by atoms with van der Waals surface area (Å²) in [4.78, 5) is 20.2. The smallest absolute Gasteiger partial charge is 0.321 e. The van der Waals surface area contributed by atoms with Crippen molar-refractivity contribution in [1.29, 1.82) is 0 Å². The first-order valence-electron chi connectivity index (χ1n) is 10.9. The highest BCUT2D eigenvalue weighted by Crippen LogP contribution is 2.36. The standard InChI is InChI=1S/C22H34N4O2/c1-2-3-4-8-11-24-16-22(17-24)18-25(14-20-15-28-13-12-26(20)22)21(27)23-19-9-6-5-7-10-19/h5-7,9-10,20H,2-4,8,11-18H2,1H3,(H,23,27). The second kappa shape index (κ2) is 8.80. The van der Waals surface area contributed by atoms with Crippen molar-refractivity contribution in [3.63, 3.8) is 0 Å². The summed E-state index contributed by atoms with van der Waals surface area (Å²) < 4.78 is 5.75. The van der Waals surface area contributed by atoms with Crippen LogP contribution in [0.25, 0.3) is 0 Å². The molecule has 1 unspecified atom stereocenters. The molecule has 0 saturated carbocycles. The Morgan fingerprint density at radius 3 is 2.79 bits per heavy atom. The number of nitrogens with one attached hydrogen (secondary N) is 1. The quantitative estimate of drug-likeness (QED) is 0.764. The van der Waals surface area contributed by atoms with E-state index in [-0.39, 0.29) is 11.6 Å². The minimum atomic E-state index is 0.0113. The molecule has 6 nitrogen and oxygen atoms in total. The van der Waals surface area contributed by atoms with Gasteiger partial charge in [-0.15, -0.1) is 0 Å². The van der Waals surface area contributed by atoms with E-state index in [9.17, 15) is 4.79 Å². The van der Waals surface area contributed by atoms with Gasteiger partial charge in [-0.25, -0.2) is 4.79 Å². The highest BCUT2D eigenvalue weighted by Gasteiger charge is 2.54. The third-order valence-electron chi connectivity index (χ3n) is 6.43. The first kappa shape index (κ1) is 19.7. The SMILES string of the molecule is CCCCCCN1CC2(C1)CN(C(=O)Nc1ccccc1)CC1COCCN12. The van der Waals surface area contributed by atoms with Gasteiger partial charge in [-0.2, -0.15) is 0 Å². The average molecular weight is 387 g/mol. The first-order valence-corrected chi connectivity index (χ1v) is 10.9. The maximum atomic E-state index is 12.9. The van der Waals surface area contributed by atoms with Crippen LogP contribution in [0.3, 0.4) is 0 Å². The van der Waals surface area contributed by atoms with Gasteiger partial charge >= 0.3 is 6.03 Å². The van der Waals surface area contributed by atoms with Crippen LogP contribution in [-0.4, -0.2) is 84.8 Å². The molecule has 3 aliphatic heterocycles. The predicted molar refractivity (Wildman–Crippen MR) is 112 cm³/mol. The molecule has 0 bridgehead atoms. The molecule has 0 radical (unpaired) electrons. The number of anilines is 1. The van der Waals surface area contributed by atoms with Crippen molar-refractivity contribution >= 4 is 11.7 Å². The lowest BCUT2D eigenvalue weighted by atomic mass is 9.82. The van der Waals surface area contributed by atoms with Crippen LogP contribution in [0.1, 0.15) is 32.6 Å². The number of carbonyl (C=O) groups is 1. The van der Waals surface area contributed by atoms with E-state index < -0.39 is 0 Å². The number of amides is 2. The van der Waals surface area contributed by atoms with Crippen molar-refractivity contribution in [2.75, 3.05) is 57.8 Å². The van der Waals surface area contributed by atoms with Gasteiger partial charge in [0.25, 0.3) is 0 Å². The Bertz CT molecular complexity index is 647. The molecule has 1 aromatic rings. The van der Waals surface area contributed by atoms with Crippen molar-refractivity contribution in [1.82, 2.24) is 14.7 Å². The number of ether oxygens (including phenoxy) is 1. The Morgan fingerprint density at radius 2 is 2.00 bits per heavy atom. The van der Waals surface area contributed by atoms with E-state index in [0.29, 0.717) is 6.04 Å². The minimum Gasteiger partial charge on any atom is -0.378 e. The van der Waals surface area contributed by atoms with Crippen molar-refractivity contribution in [2.24, 2.45) is 0 Å². The van der Waals surface area contributed by atoms with Crippen molar-refractivity contribution in [3.05, 3.63) is 30.3 Å². The van der Waals surface area contributed by atoms with Crippen LogP contribution in [0.15, 0.2) is 30.3 Å². The molecule has 3 saturated heterocycles. The number of urea groups is 1. The van der Waals surface area contributed by atoms with Gasteiger partial charge in [-0.1, -0.05) is 44.4 Å². The number of carbonyl (C=O) groups excluding carboxylic acids is 1. The fraction of sp³-hybridized carbons (Fsp3) is 0.682. The Hall–Kier alpha value is -1.63. The van der Waals surface area contributed by atoms with E-state index in [1.165, 1.54) is 32.2 Å². The van der Waals surface area contributed by atoms with E-state index in [0.717, 1.165) is 51.6 Å². The van der Waals surface area contributed by atoms with Crippen LogP contribution in [-0.2, 0) is 4.74 Å². The zero-order valence-corrected chi connectivity index (χ0v) is 17.1. The number of hydrogen-bond donors (Lipinski definition) is 1. The number of benzene rings is 1. The molecule has 0 aliphatic carbocycles. The molecule has 1 N–H and O–H groups in total. The van der Waals surface area contributed by atoms with Gasteiger partial charge in [0, 0.05) is 38.4 Å². The van der Waals surface area contributed by atoms with Gasteiger partial charge in [0.2, 0.25) is 0 Å². The van der Waals surface area contributed by atoms with Gasteiger partial charge in [-0.3, -0.25) is 9.80 Å². The summed E-state index contributed by atoms with van der Waals surface area (Å²) in [6.07, 6.45) is 5.23. The maximum absolute atomic E-state index is 12.9. The number of hydrogen-bond acceptors (Lipinski definition) is 4. The predicted octanol–water partition coefficient (Wildman–Crippen LogP) is 2.87. The molecule has 154 valence electrons. The zero-order valence-electron chi connectivity index (χ0n) is 17.1. The Labute approximate surface area is 168 Å². The van der Waals surface area contributed by atoms with Crippen molar-refractivity contribution in [2.45, 2.75) is 44.2 Å². The number of fused-ring (bicyclic) bond motifs is 2. The molecule has 1 atom stereocenters. The second-order valence-electron chi connectivity index (χ2n) is 8.59. The third kappa shape index (κ3) is 4.19. The van der Waals surface area contributed by atoms with Crippen LogP contribution in [0.4, 0.5) is 10.5 Å². The molecule has 3 aliphatic rings. The number of unbranched alkanes of at least 4 members (excludes halogenated alkanes) is 3. The van der Waals surface area contributed by atoms with Crippen molar-refractivity contribution in [3.8, 4) is 0 Å². The highest BCUT2D eigenvalue weighted by atomic mass is 16.5. The van der Waals surface area contributed by atoms with Crippen LogP contribution in [0.2, 0.25) is 0 Å². The molecule has 2 amide bonds. The van der Waals surface area contributed by atoms with E-state index in [4.69, 9.17) is 4.74 Å². The van der Waals surface area contributed by atoms with Gasteiger partial charge in [-0.05, 0) is 25.1 Å². The number of likely N-dealkylation sites (tertiary alicyclic amines) is 1. The summed E-state index contributed by atoms with van der Waals surface area (Å²) >= 11 is 0. The van der Waals surface area contributed by atoms with E-state index in [1.807, 2.05) is 35.2 Å². The minimum absolute atomic E-state index is 0.0113. The molecule has 3 heterocycles. The third-order valence-corrected chi connectivity index (χ3v) is 6.43. The number of piperazine rings is 1. The Kier molecular flexibility index (Phi) is 6.19. The fourth-order valence-corrected chi connectivity index (χ4v) is 5.06. The van der Waals surface area contributed by atoms with Gasteiger partial charge < -0.3 is 15.0 Å². The van der Waals surface area contributed by atoms with Gasteiger partial charge in [0.05, 0.1) is 24.8 Å². The summed E-state index contributed by atoms with van der Waals surface area (Å²) in [6.45, 7) is 9.68. The Balaban J connectivity index is 1.38. The van der Waals surface area contributed by atoms with Crippen LogP contribution in [0.5, 0.6) is 0 Å². The van der Waals surface area contributed by atoms with E-state index >= 15 is 0 Å². The Morgan fingerprint density at radius 1 is 1.18 bits per heavy atom. The second-order valence-corrected chi connectivity index (χ2v) is 8.59. The van der Waals surface area contributed by atoms with E-state index in [1.54, 1.807) is 0 Å². The monoisotopic (exact) mass is 386 g/mol. The zero-order chi connectivity index (χ0) is 19.4. The van der Waals surface area contributed by atoms with Crippen LogP contribution >= 0.6 is 0 Å².